The smallest absolute Gasteiger partial charge is 0.354 e. The summed E-state index contributed by atoms with van der Waals surface area (Å²) in [4.78, 5) is 12.1. The van der Waals surface area contributed by atoms with Crippen molar-refractivity contribution in [1.82, 2.24) is 0 Å². The second kappa shape index (κ2) is 10.6. The lowest BCUT2D eigenvalue weighted by Gasteiger charge is -2.30. The predicted octanol–water partition coefficient (Wildman–Crippen LogP) is 6.61. The van der Waals surface area contributed by atoms with E-state index in [1.54, 1.807) is 6.26 Å². The highest BCUT2D eigenvalue weighted by atomic mass is 32.2. The second-order valence-corrected chi connectivity index (χ2v) is 12.7. The van der Waals surface area contributed by atoms with E-state index in [-0.39, 0.29) is 17.1 Å². The van der Waals surface area contributed by atoms with Gasteiger partial charge in [0.1, 0.15) is 23.1 Å². The molecule has 0 amide bonds. The molecule has 0 saturated carbocycles. The average Bonchev–Trinajstić information content (AvgIpc) is 2.86. The van der Waals surface area contributed by atoms with E-state index < -0.39 is 75.0 Å². The Hall–Kier alpha value is -2.54. The van der Waals surface area contributed by atoms with Crippen LogP contribution in [-0.4, -0.2) is 50.1 Å². The highest BCUT2D eigenvalue weighted by Gasteiger charge is 2.56. The van der Waals surface area contributed by atoms with Crippen LogP contribution in [0.5, 0.6) is 5.75 Å². The molecule has 0 aromatic heterocycles. The first kappa shape index (κ1) is 30.0. The Labute approximate surface area is 222 Å². The minimum atomic E-state index is -5.46. The number of halogens is 5. The van der Waals surface area contributed by atoms with Gasteiger partial charge in [0.15, 0.2) is 0 Å². The third-order valence-electron chi connectivity index (χ3n) is 6.28. The first-order valence-electron chi connectivity index (χ1n) is 11.5. The number of sulfone groups is 1. The molecule has 38 heavy (non-hydrogen) atoms. The van der Waals surface area contributed by atoms with E-state index >= 15 is 8.78 Å². The number of aliphatic carboxylic acids is 1. The summed E-state index contributed by atoms with van der Waals surface area (Å²) in [5.41, 5.74) is -1.52. The number of rotatable bonds is 9. The fourth-order valence-electron chi connectivity index (χ4n) is 3.92. The molecule has 13 heteroatoms. The largest absolute Gasteiger partial charge is 0.491 e. The van der Waals surface area contributed by atoms with Crippen LogP contribution in [0.15, 0.2) is 46.2 Å². The van der Waals surface area contributed by atoms with Gasteiger partial charge in [0.2, 0.25) is 15.8 Å². The number of thioether (sulfide) groups is 1. The molecule has 1 aliphatic heterocycles. The van der Waals surface area contributed by atoms with Crippen LogP contribution in [0.1, 0.15) is 33.6 Å². The maximum absolute atomic E-state index is 15.7. The molecule has 0 saturated heterocycles. The first-order chi connectivity index (χ1) is 17.4. The van der Waals surface area contributed by atoms with Crippen LogP contribution in [0.4, 0.5) is 33.3 Å². The number of benzene rings is 2. The van der Waals surface area contributed by atoms with E-state index in [1.165, 1.54) is 36.9 Å². The molecular formula is C25H28F5NO5S2. The summed E-state index contributed by atoms with van der Waals surface area (Å²) in [5.74, 6) is -7.40. The van der Waals surface area contributed by atoms with Crippen molar-refractivity contribution in [3.05, 3.63) is 42.2 Å². The van der Waals surface area contributed by atoms with Crippen LogP contribution >= 0.6 is 11.8 Å². The summed E-state index contributed by atoms with van der Waals surface area (Å²) in [7, 11) is -5.46. The Morgan fingerprint density at radius 2 is 1.87 bits per heavy atom. The van der Waals surface area contributed by atoms with Gasteiger partial charge >= 0.3 is 11.2 Å². The molecule has 1 atom stereocenters. The van der Waals surface area contributed by atoms with E-state index in [2.05, 4.69) is 0 Å². The summed E-state index contributed by atoms with van der Waals surface area (Å²) in [6.45, 7) is 2.23. The first-order valence-corrected chi connectivity index (χ1v) is 14.2. The molecule has 3 rings (SSSR count). The quantitative estimate of drug-likeness (QED) is 0.264. The number of carbonyl (C=O) groups is 1. The monoisotopic (exact) mass is 581 g/mol. The van der Waals surface area contributed by atoms with Gasteiger partial charge in [-0.1, -0.05) is 6.07 Å². The molecular weight excluding hydrogens is 553 g/mol. The van der Waals surface area contributed by atoms with Crippen molar-refractivity contribution in [3.63, 3.8) is 0 Å². The predicted molar refractivity (Wildman–Crippen MR) is 134 cm³/mol. The minimum Gasteiger partial charge on any atom is -0.491 e. The van der Waals surface area contributed by atoms with Gasteiger partial charge in [0, 0.05) is 24.7 Å². The second-order valence-electron chi connectivity index (χ2n) is 9.91. The molecule has 6 nitrogen and oxygen atoms in total. The number of alkyl halides is 4. The topological polar surface area (TPSA) is 83.9 Å². The highest BCUT2D eigenvalue weighted by Crippen LogP contribution is 2.50. The van der Waals surface area contributed by atoms with Crippen molar-refractivity contribution in [3.8, 4) is 5.75 Å². The number of carboxylic acids is 1. The molecule has 0 spiro atoms. The van der Waals surface area contributed by atoms with Crippen molar-refractivity contribution in [2.45, 2.75) is 54.6 Å². The third kappa shape index (κ3) is 6.03. The summed E-state index contributed by atoms with van der Waals surface area (Å²) < 4.78 is 105. The molecule has 0 fully saturated rings. The third-order valence-corrected chi connectivity index (χ3v) is 9.00. The average molecular weight is 582 g/mol. The molecule has 0 bridgehead atoms. The SMILES string of the molecule is CSc1cc2c(cc1OCC(C)(C)C(=O)O)S(=O)(=O)C(F)(F)[C@H](CCC(C)(F)F)CN2c1cccc(F)c1. The molecule has 2 aromatic rings. The fraction of sp³-hybridized carbons (Fsp3) is 0.480. The fourth-order valence-corrected chi connectivity index (χ4v) is 6.10. The Bertz CT molecular complexity index is 1310. The van der Waals surface area contributed by atoms with Gasteiger partial charge in [-0.3, -0.25) is 4.79 Å². The van der Waals surface area contributed by atoms with Gasteiger partial charge in [-0.15, -0.1) is 11.8 Å². The van der Waals surface area contributed by atoms with E-state index in [1.807, 2.05) is 0 Å². The number of hydrogen-bond acceptors (Lipinski definition) is 6. The van der Waals surface area contributed by atoms with Gasteiger partial charge in [0.05, 0.1) is 21.9 Å². The standard InChI is InChI=1S/C25H28F5NO5S2/c1-23(2,22(32)33)14-36-19-12-21-18(11-20(19)37-4)31(17-7-5-6-16(26)10-17)13-15(8-9-24(3,27)28)25(29,30)38(21,34)35/h5-7,10-12,15H,8-9,13-14H2,1-4H3,(H,32,33)/t15-/m1/s1. The summed E-state index contributed by atoms with van der Waals surface area (Å²) in [6, 6.07) is 7.05. The molecule has 2 aromatic carbocycles. The van der Waals surface area contributed by atoms with Crippen LogP contribution < -0.4 is 9.64 Å². The molecule has 1 heterocycles. The number of carboxylic acid groups (broad SMARTS) is 1. The van der Waals surface area contributed by atoms with Crippen molar-refractivity contribution < 1.29 is 45.0 Å². The Morgan fingerprint density at radius 1 is 1.21 bits per heavy atom. The molecule has 0 unspecified atom stereocenters. The Morgan fingerprint density at radius 3 is 2.42 bits per heavy atom. The number of ether oxygens (including phenoxy) is 1. The molecule has 210 valence electrons. The Balaban J connectivity index is 2.24. The van der Waals surface area contributed by atoms with Crippen LogP contribution in [-0.2, 0) is 14.6 Å². The molecule has 0 radical (unpaired) electrons. The zero-order valence-corrected chi connectivity index (χ0v) is 22.7. The van der Waals surface area contributed by atoms with E-state index in [4.69, 9.17) is 4.74 Å². The van der Waals surface area contributed by atoms with E-state index in [0.29, 0.717) is 11.8 Å². The van der Waals surface area contributed by atoms with Crippen LogP contribution in [0.3, 0.4) is 0 Å². The van der Waals surface area contributed by atoms with Gasteiger partial charge in [-0.25, -0.2) is 21.6 Å². The number of fused-ring (bicyclic) bond motifs is 1. The summed E-state index contributed by atoms with van der Waals surface area (Å²) in [5, 5.41) is 4.92. The van der Waals surface area contributed by atoms with Crippen molar-refractivity contribution in [1.29, 1.82) is 0 Å². The van der Waals surface area contributed by atoms with Crippen LogP contribution in [0, 0.1) is 17.2 Å². The molecule has 1 aliphatic rings. The highest BCUT2D eigenvalue weighted by molar-refractivity contribution is 7.98. The lowest BCUT2D eigenvalue weighted by molar-refractivity contribution is -0.148. The van der Waals surface area contributed by atoms with Gasteiger partial charge < -0.3 is 14.7 Å². The Kier molecular flexibility index (Phi) is 8.33. The van der Waals surface area contributed by atoms with Gasteiger partial charge in [-0.2, -0.15) is 8.78 Å². The molecule has 0 aliphatic carbocycles. The maximum atomic E-state index is 15.7. The van der Waals surface area contributed by atoms with Crippen molar-refractivity contribution >= 4 is 38.9 Å². The van der Waals surface area contributed by atoms with Crippen LogP contribution in [0.2, 0.25) is 0 Å². The zero-order chi connectivity index (χ0) is 28.7. The summed E-state index contributed by atoms with van der Waals surface area (Å²) >= 11 is 1.09. The number of hydrogen-bond donors (Lipinski definition) is 1. The van der Waals surface area contributed by atoms with E-state index in [9.17, 15) is 31.5 Å². The van der Waals surface area contributed by atoms with Gasteiger partial charge in [0.25, 0.3) is 0 Å². The number of anilines is 2. The maximum Gasteiger partial charge on any atom is 0.354 e. The number of nitrogens with zero attached hydrogens (tertiary/aromatic N) is 1. The van der Waals surface area contributed by atoms with Crippen LogP contribution in [0.25, 0.3) is 0 Å². The normalized spacial score (nSPS) is 19.0. The summed E-state index contributed by atoms with van der Waals surface area (Å²) in [6.07, 6.45) is -0.179. The van der Waals surface area contributed by atoms with Gasteiger partial charge in [-0.05, 0) is 57.7 Å². The van der Waals surface area contributed by atoms with E-state index in [0.717, 1.165) is 30.0 Å². The van der Waals surface area contributed by atoms with Crippen molar-refractivity contribution in [2.75, 3.05) is 24.3 Å². The minimum absolute atomic E-state index is 0.0557. The van der Waals surface area contributed by atoms with Crippen molar-refractivity contribution in [2.24, 2.45) is 11.3 Å². The molecule has 1 N–H and O–H groups in total. The lowest BCUT2D eigenvalue weighted by atomic mass is 9.95. The zero-order valence-electron chi connectivity index (χ0n) is 21.1. The lowest BCUT2D eigenvalue weighted by Crippen LogP contribution is -2.40.